The predicted octanol–water partition coefficient (Wildman–Crippen LogP) is 4.79. The van der Waals surface area contributed by atoms with Gasteiger partial charge < -0.3 is 8.37 Å². The van der Waals surface area contributed by atoms with Crippen molar-refractivity contribution in [1.82, 2.24) is 0 Å². The average Bonchev–Trinajstić information content (AvgIpc) is 2.49. The average molecular weight is 362 g/mol. The molecular formula is C20H26O4S. The highest BCUT2D eigenvalue weighted by atomic mass is 32.3. The summed E-state index contributed by atoms with van der Waals surface area (Å²) in [5, 5.41) is 0. The van der Waals surface area contributed by atoms with Crippen molar-refractivity contribution < 1.29 is 16.8 Å². The van der Waals surface area contributed by atoms with Crippen LogP contribution >= 0.6 is 0 Å². The van der Waals surface area contributed by atoms with Gasteiger partial charge in [-0.25, -0.2) is 0 Å². The van der Waals surface area contributed by atoms with E-state index >= 15 is 0 Å². The Morgan fingerprint density at radius 1 is 0.680 bits per heavy atom. The lowest BCUT2D eigenvalue weighted by Gasteiger charge is -2.10. The van der Waals surface area contributed by atoms with E-state index in [-0.39, 0.29) is 11.5 Å². The standard InChI is InChI=1S/C20H26O4S/c1-15(2)13-17-5-9-19(10-6-17)23-25(21,22)24-20-11-7-18(8-12-20)14-16(3)4/h5-12,15-16H,13-14H2,1-4H3. The first kappa shape index (κ1) is 19.3. The molecule has 4 nitrogen and oxygen atoms in total. The molecule has 2 aromatic rings. The topological polar surface area (TPSA) is 52.6 Å². The lowest BCUT2D eigenvalue weighted by atomic mass is 10.0. The SMILES string of the molecule is CC(C)Cc1ccc(OS(=O)(=O)Oc2ccc(CC(C)C)cc2)cc1. The zero-order valence-electron chi connectivity index (χ0n) is 15.2. The van der Waals surface area contributed by atoms with Gasteiger partial charge in [0, 0.05) is 0 Å². The molecule has 0 unspecified atom stereocenters. The number of benzene rings is 2. The summed E-state index contributed by atoms with van der Waals surface area (Å²) in [6, 6.07) is 14.0. The Kier molecular flexibility index (Phi) is 6.48. The number of rotatable bonds is 8. The molecule has 0 aromatic heterocycles. The highest BCUT2D eigenvalue weighted by Crippen LogP contribution is 2.20. The van der Waals surface area contributed by atoms with Crippen LogP contribution < -0.4 is 8.37 Å². The van der Waals surface area contributed by atoms with Crippen LogP contribution in [0, 0.1) is 11.8 Å². The van der Waals surface area contributed by atoms with Gasteiger partial charge in [-0.15, -0.1) is 8.42 Å². The fraction of sp³-hybridized carbons (Fsp3) is 0.400. The van der Waals surface area contributed by atoms with Gasteiger partial charge >= 0.3 is 10.4 Å². The Labute approximate surface area is 151 Å². The van der Waals surface area contributed by atoms with Crippen LogP contribution in [0.15, 0.2) is 48.5 Å². The van der Waals surface area contributed by atoms with Crippen LogP contribution in [0.5, 0.6) is 11.5 Å². The summed E-state index contributed by atoms with van der Waals surface area (Å²) in [4.78, 5) is 0. The second-order valence-corrected chi connectivity index (χ2v) is 8.21. The molecule has 0 radical (unpaired) electrons. The van der Waals surface area contributed by atoms with Crippen LogP contribution in [0.2, 0.25) is 0 Å². The normalized spacial score (nSPS) is 11.8. The zero-order valence-corrected chi connectivity index (χ0v) is 16.0. The molecule has 5 heteroatoms. The van der Waals surface area contributed by atoms with E-state index in [4.69, 9.17) is 8.37 Å². The molecular weight excluding hydrogens is 336 g/mol. The third kappa shape index (κ3) is 6.78. The molecule has 0 saturated heterocycles. The molecule has 0 bridgehead atoms. The van der Waals surface area contributed by atoms with Crippen molar-refractivity contribution in [3.05, 3.63) is 59.7 Å². The van der Waals surface area contributed by atoms with Crippen LogP contribution in [-0.2, 0) is 23.2 Å². The second-order valence-electron chi connectivity index (χ2n) is 7.06. The van der Waals surface area contributed by atoms with Gasteiger partial charge in [-0.3, -0.25) is 0 Å². The minimum atomic E-state index is -4.16. The van der Waals surface area contributed by atoms with Crippen molar-refractivity contribution in [2.24, 2.45) is 11.8 Å². The van der Waals surface area contributed by atoms with E-state index in [0.29, 0.717) is 11.8 Å². The lowest BCUT2D eigenvalue weighted by Crippen LogP contribution is -2.16. The summed E-state index contributed by atoms with van der Waals surface area (Å²) in [7, 11) is -4.16. The van der Waals surface area contributed by atoms with Crippen LogP contribution in [0.4, 0.5) is 0 Å². The van der Waals surface area contributed by atoms with E-state index in [1.54, 1.807) is 24.3 Å². The van der Waals surface area contributed by atoms with Crippen LogP contribution in [0.25, 0.3) is 0 Å². The van der Waals surface area contributed by atoms with Crippen molar-refractivity contribution in [3.8, 4) is 11.5 Å². The van der Waals surface area contributed by atoms with E-state index in [2.05, 4.69) is 27.7 Å². The van der Waals surface area contributed by atoms with Crippen molar-refractivity contribution >= 4 is 10.4 Å². The van der Waals surface area contributed by atoms with Crippen molar-refractivity contribution in [2.75, 3.05) is 0 Å². The summed E-state index contributed by atoms with van der Waals surface area (Å²) in [6.07, 6.45) is 1.87. The maximum absolute atomic E-state index is 12.1. The molecule has 0 atom stereocenters. The van der Waals surface area contributed by atoms with Crippen LogP contribution in [0.1, 0.15) is 38.8 Å². The molecule has 2 aromatic carbocycles. The number of hydrogen-bond donors (Lipinski definition) is 0. The first-order valence-electron chi connectivity index (χ1n) is 8.55. The maximum Gasteiger partial charge on any atom is 0.500 e. The molecule has 0 heterocycles. The third-order valence-corrected chi connectivity index (χ3v) is 4.32. The first-order valence-corrected chi connectivity index (χ1v) is 9.88. The second kappa shape index (κ2) is 8.39. The van der Waals surface area contributed by atoms with E-state index in [1.807, 2.05) is 24.3 Å². The maximum atomic E-state index is 12.1. The molecule has 0 aliphatic heterocycles. The molecule has 25 heavy (non-hydrogen) atoms. The van der Waals surface area contributed by atoms with Gasteiger partial charge in [0.15, 0.2) is 0 Å². The van der Waals surface area contributed by atoms with Gasteiger partial charge in [0.1, 0.15) is 11.5 Å². The Morgan fingerprint density at radius 2 is 1.00 bits per heavy atom. The quantitative estimate of drug-likeness (QED) is 0.678. The summed E-state index contributed by atoms with van der Waals surface area (Å²) in [6.45, 7) is 8.54. The van der Waals surface area contributed by atoms with Crippen LogP contribution in [-0.4, -0.2) is 8.42 Å². The fourth-order valence-corrected chi connectivity index (χ4v) is 3.29. The summed E-state index contributed by atoms with van der Waals surface area (Å²) in [5.41, 5.74) is 2.28. The summed E-state index contributed by atoms with van der Waals surface area (Å²) < 4.78 is 34.1. The molecule has 0 saturated carbocycles. The smallest absolute Gasteiger partial charge is 0.353 e. The third-order valence-electron chi connectivity index (χ3n) is 3.53. The molecule has 2 rings (SSSR count). The highest BCUT2D eigenvalue weighted by molar-refractivity contribution is 7.82. The number of hydrogen-bond acceptors (Lipinski definition) is 4. The molecule has 136 valence electrons. The molecule has 0 aliphatic carbocycles. The van der Waals surface area contributed by atoms with E-state index in [9.17, 15) is 8.42 Å². The van der Waals surface area contributed by atoms with Crippen LogP contribution in [0.3, 0.4) is 0 Å². The van der Waals surface area contributed by atoms with E-state index < -0.39 is 10.4 Å². The molecule has 0 fully saturated rings. The van der Waals surface area contributed by atoms with Gasteiger partial charge in [-0.2, -0.15) is 0 Å². The van der Waals surface area contributed by atoms with E-state index in [1.165, 1.54) is 0 Å². The highest BCUT2D eigenvalue weighted by Gasteiger charge is 2.16. The Balaban J connectivity index is 1.99. The van der Waals surface area contributed by atoms with Gasteiger partial charge in [0.05, 0.1) is 0 Å². The van der Waals surface area contributed by atoms with Crippen molar-refractivity contribution in [2.45, 2.75) is 40.5 Å². The molecule has 0 N–H and O–H groups in total. The van der Waals surface area contributed by atoms with Gasteiger partial charge in [-0.05, 0) is 60.1 Å². The van der Waals surface area contributed by atoms with Gasteiger partial charge in [0.25, 0.3) is 0 Å². The summed E-state index contributed by atoms with van der Waals surface area (Å²) >= 11 is 0. The monoisotopic (exact) mass is 362 g/mol. The molecule has 0 aliphatic rings. The van der Waals surface area contributed by atoms with E-state index in [0.717, 1.165) is 24.0 Å². The minimum Gasteiger partial charge on any atom is -0.353 e. The first-order chi connectivity index (χ1) is 11.7. The molecule has 0 amide bonds. The summed E-state index contributed by atoms with van der Waals surface area (Å²) in [5.74, 6) is 1.56. The van der Waals surface area contributed by atoms with Gasteiger partial charge in [0.2, 0.25) is 0 Å². The lowest BCUT2D eigenvalue weighted by molar-refractivity contribution is 0.392. The predicted molar refractivity (Wildman–Crippen MR) is 100 cm³/mol. The Hall–Kier alpha value is -2.01. The fourth-order valence-electron chi connectivity index (χ4n) is 2.56. The molecule has 0 spiro atoms. The minimum absolute atomic E-state index is 0.240. The largest absolute Gasteiger partial charge is 0.500 e. The van der Waals surface area contributed by atoms with Crippen molar-refractivity contribution in [1.29, 1.82) is 0 Å². The van der Waals surface area contributed by atoms with Crippen molar-refractivity contribution in [3.63, 3.8) is 0 Å². The van der Waals surface area contributed by atoms with Gasteiger partial charge in [-0.1, -0.05) is 52.0 Å². The Morgan fingerprint density at radius 3 is 1.28 bits per heavy atom. The Bertz CT molecular complexity index is 699. The zero-order chi connectivity index (χ0) is 18.4.